The minimum absolute atomic E-state index is 0.0314. The van der Waals surface area contributed by atoms with Crippen LogP contribution in [0, 0.1) is 0 Å². The van der Waals surface area contributed by atoms with Crippen LogP contribution in [-0.4, -0.2) is 60.3 Å². The van der Waals surface area contributed by atoms with E-state index in [1.54, 1.807) is 12.1 Å². The summed E-state index contributed by atoms with van der Waals surface area (Å²) in [6.45, 7) is 0.645. The fourth-order valence-corrected chi connectivity index (χ4v) is 4.49. The zero-order valence-corrected chi connectivity index (χ0v) is 18.5. The van der Waals surface area contributed by atoms with E-state index in [1.807, 2.05) is 16.9 Å². The number of benzene rings is 1. The number of carbonyl (C=O) groups excluding carboxylic acids is 1. The fraction of sp³-hybridized carbons (Fsp3) is 0.364. The van der Waals surface area contributed by atoms with E-state index in [0.717, 1.165) is 18.4 Å². The Morgan fingerprint density at radius 1 is 1.34 bits per heavy atom. The predicted octanol–water partition coefficient (Wildman–Crippen LogP) is 1.86. The van der Waals surface area contributed by atoms with Gasteiger partial charge in [0.05, 0.1) is 37.5 Å². The number of pyridine rings is 1. The number of fused-ring (bicyclic) bond motifs is 1. The largest absolute Gasteiger partial charge is 0.495 e. The zero-order chi connectivity index (χ0) is 22.8. The van der Waals surface area contributed by atoms with Gasteiger partial charge in [-0.2, -0.15) is 4.99 Å². The average molecular weight is 459 g/mol. The highest BCUT2D eigenvalue weighted by molar-refractivity contribution is 6.32. The molecular formula is C22H23ClN4O5. The number of likely N-dealkylation sites (tertiary alicyclic amines) is 1. The van der Waals surface area contributed by atoms with Gasteiger partial charge >= 0.3 is 0 Å². The quantitative estimate of drug-likeness (QED) is 0.585. The van der Waals surface area contributed by atoms with Crippen LogP contribution in [0.1, 0.15) is 29.5 Å². The van der Waals surface area contributed by atoms with Gasteiger partial charge in [-0.1, -0.05) is 17.7 Å². The van der Waals surface area contributed by atoms with E-state index in [1.165, 1.54) is 14.2 Å². The number of methoxy groups -OCH3 is 2. The molecule has 0 spiro atoms. The second-order valence-corrected chi connectivity index (χ2v) is 7.95. The molecule has 0 saturated carbocycles. The Balaban J connectivity index is 1.85. The smallest absolute Gasteiger partial charge is 0.292 e. The Bertz CT molecular complexity index is 1190. The number of hydrogen-bond donors (Lipinski definition) is 3. The number of ether oxygens (including phenoxy) is 2. The van der Waals surface area contributed by atoms with Crippen molar-refractivity contribution < 1.29 is 19.4 Å². The first-order valence-electron chi connectivity index (χ1n) is 10.1. The van der Waals surface area contributed by atoms with Gasteiger partial charge in [-0.3, -0.25) is 4.79 Å². The minimum Gasteiger partial charge on any atom is -0.495 e. The second-order valence-electron chi connectivity index (χ2n) is 7.54. The summed E-state index contributed by atoms with van der Waals surface area (Å²) in [6.07, 6.45) is 1.97. The van der Waals surface area contributed by atoms with Gasteiger partial charge in [0.25, 0.3) is 5.56 Å². The lowest BCUT2D eigenvalue weighted by Gasteiger charge is -2.30. The molecule has 0 bridgehead atoms. The second kappa shape index (κ2) is 9.08. The lowest BCUT2D eigenvalue weighted by Crippen LogP contribution is -2.46. The van der Waals surface area contributed by atoms with E-state index in [0.29, 0.717) is 34.4 Å². The third-order valence-corrected chi connectivity index (χ3v) is 6.01. The Morgan fingerprint density at radius 2 is 2.16 bits per heavy atom. The van der Waals surface area contributed by atoms with Crippen molar-refractivity contribution >= 4 is 35.0 Å². The molecule has 32 heavy (non-hydrogen) atoms. The van der Waals surface area contributed by atoms with Crippen LogP contribution in [0.4, 0.5) is 5.82 Å². The van der Waals surface area contributed by atoms with Gasteiger partial charge in [0.2, 0.25) is 5.96 Å². The van der Waals surface area contributed by atoms with Gasteiger partial charge in [0.1, 0.15) is 17.3 Å². The van der Waals surface area contributed by atoms with Crippen LogP contribution in [-0.2, 0) is 11.2 Å². The van der Waals surface area contributed by atoms with E-state index in [4.69, 9.17) is 21.1 Å². The van der Waals surface area contributed by atoms with Crippen LogP contribution in [0.5, 0.6) is 11.5 Å². The molecule has 3 N–H and O–H groups in total. The molecular weight excluding hydrogens is 436 g/mol. The van der Waals surface area contributed by atoms with Crippen LogP contribution in [0.15, 0.2) is 28.0 Å². The van der Waals surface area contributed by atoms with Gasteiger partial charge in [-0.15, -0.1) is 0 Å². The molecule has 1 fully saturated rings. The van der Waals surface area contributed by atoms with Crippen LogP contribution >= 0.6 is 11.6 Å². The maximum Gasteiger partial charge on any atom is 0.292 e. The summed E-state index contributed by atoms with van der Waals surface area (Å²) in [5.74, 6) is 3.18. The third-order valence-electron chi connectivity index (χ3n) is 5.72. The standard InChI is InChI=1S/C22H23ClN4O5/c1-31-17-6-5-12(9-15(17)23)8-14-18-16(11-29)24-22(27-7-3-4-13(27)10-28)26-20(18)25-21(30)19(14)32-2/h5-6,9,13,28H,3-4,7-8,10H2,1-2H3,(H2,24,25,26,30)/t13-/m0/s1. The number of hydrogen-bond acceptors (Lipinski definition) is 8. The number of halogens is 1. The number of aromatic nitrogens is 1. The van der Waals surface area contributed by atoms with E-state index in [2.05, 4.69) is 15.3 Å². The maximum atomic E-state index is 12.8. The van der Waals surface area contributed by atoms with Crippen molar-refractivity contribution in [2.45, 2.75) is 25.3 Å². The number of aliphatic imine (C=N–C) groups is 1. The number of nitrogens with zero attached hydrogens (tertiary/aromatic N) is 2. The zero-order valence-electron chi connectivity index (χ0n) is 17.7. The number of aliphatic hydroxyl groups is 1. The molecule has 1 atom stereocenters. The molecule has 0 unspecified atom stereocenters. The fourth-order valence-electron chi connectivity index (χ4n) is 4.21. The van der Waals surface area contributed by atoms with Crippen molar-refractivity contribution in [1.29, 1.82) is 0 Å². The summed E-state index contributed by atoms with van der Waals surface area (Å²) in [5, 5.41) is 13.1. The molecule has 1 aromatic carbocycles. The van der Waals surface area contributed by atoms with Crippen LogP contribution in [0.25, 0.3) is 5.70 Å². The number of aliphatic hydroxyl groups excluding tert-OH is 1. The first-order valence-corrected chi connectivity index (χ1v) is 10.5. The summed E-state index contributed by atoms with van der Waals surface area (Å²) >= 11 is 6.27. The molecule has 3 heterocycles. The summed E-state index contributed by atoms with van der Waals surface area (Å²) in [4.78, 5) is 33.9. The molecule has 4 rings (SSSR count). The Kier molecular flexibility index (Phi) is 6.23. The molecule has 0 radical (unpaired) electrons. The van der Waals surface area contributed by atoms with E-state index in [9.17, 15) is 14.7 Å². The molecule has 9 nitrogen and oxygen atoms in total. The molecule has 10 heteroatoms. The van der Waals surface area contributed by atoms with Gasteiger partial charge in [-0.25, -0.2) is 4.79 Å². The highest BCUT2D eigenvalue weighted by Crippen LogP contribution is 2.36. The van der Waals surface area contributed by atoms with Crippen molar-refractivity contribution in [1.82, 2.24) is 15.2 Å². The van der Waals surface area contributed by atoms with E-state index < -0.39 is 5.56 Å². The van der Waals surface area contributed by atoms with Crippen molar-refractivity contribution in [2.75, 3.05) is 27.4 Å². The molecule has 2 aliphatic rings. The van der Waals surface area contributed by atoms with Crippen molar-refractivity contribution in [2.24, 2.45) is 4.99 Å². The molecule has 0 aliphatic carbocycles. The monoisotopic (exact) mass is 458 g/mol. The first kappa shape index (κ1) is 22.0. The van der Waals surface area contributed by atoms with Crippen LogP contribution in [0.3, 0.4) is 0 Å². The lowest BCUT2D eigenvalue weighted by atomic mass is 9.97. The molecule has 1 aromatic heterocycles. The predicted molar refractivity (Wildman–Crippen MR) is 121 cm³/mol. The topological polar surface area (TPSA) is 116 Å². The molecule has 1 saturated heterocycles. The summed E-state index contributed by atoms with van der Waals surface area (Å²) < 4.78 is 10.6. The van der Waals surface area contributed by atoms with Crippen molar-refractivity contribution in [3.05, 3.63) is 50.3 Å². The van der Waals surface area contributed by atoms with Crippen molar-refractivity contribution in [3.63, 3.8) is 0 Å². The van der Waals surface area contributed by atoms with Crippen LogP contribution in [0.2, 0.25) is 5.02 Å². The highest BCUT2D eigenvalue weighted by Gasteiger charge is 2.32. The minimum atomic E-state index is -0.462. The number of aromatic amines is 1. The van der Waals surface area contributed by atoms with Crippen LogP contribution < -0.4 is 20.3 Å². The van der Waals surface area contributed by atoms with E-state index in [-0.39, 0.29) is 36.3 Å². The molecule has 0 amide bonds. The Hall–Kier alpha value is -3.26. The summed E-state index contributed by atoms with van der Waals surface area (Å²) in [5.41, 5.74) is 1.36. The Labute approximate surface area is 189 Å². The maximum absolute atomic E-state index is 12.8. The first-order chi connectivity index (χ1) is 15.5. The normalized spacial score (nSPS) is 17.4. The number of H-pyrrole nitrogens is 1. The van der Waals surface area contributed by atoms with Gasteiger partial charge in [-0.05, 0) is 30.5 Å². The molecule has 168 valence electrons. The number of guanidine groups is 1. The number of rotatable bonds is 5. The molecule has 2 aromatic rings. The average Bonchev–Trinajstić information content (AvgIpc) is 3.27. The van der Waals surface area contributed by atoms with Gasteiger partial charge < -0.3 is 29.8 Å². The van der Waals surface area contributed by atoms with E-state index >= 15 is 0 Å². The lowest BCUT2D eigenvalue weighted by molar-refractivity contribution is 0.206. The highest BCUT2D eigenvalue weighted by atomic mass is 35.5. The third kappa shape index (κ3) is 3.86. The van der Waals surface area contributed by atoms with Gasteiger partial charge in [0.15, 0.2) is 11.7 Å². The SMILES string of the molecule is COc1ccc(Cc2c3c([nH]c(=O)c2OC)N=C(N2CCC[C@H]2CO)NC3=C=O)cc1Cl. The summed E-state index contributed by atoms with van der Waals surface area (Å²) in [6, 6.07) is 5.18. The summed E-state index contributed by atoms with van der Waals surface area (Å²) in [7, 11) is 2.92. The Morgan fingerprint density at radius 3 is 2.81 bits per heavy atom. The van der Waals surface area contributed by atoms with Gasteiger partial charge in [0, 0.05) is 18.5 Å². The van der Waals surface area contributed by atoms with Crippen molar-refractivity contribution in [3.8, 4) is 11.5 Å². The molecule has 2 aliphatic heterocycles. The number of nitrogens with one attached hydrogen (secondary N) is 2.